The van der Waals surface area contributed by atoms with Gasteiger partial charge < -0.3 is 9.79 Å². The highest BCUT2D eigenvalue weighted by atomic mass is 31.2. The van der Waals surface area contributed by atoms with E-state index in [1.165, 1.54) is 0 Å². The topological polar surface area (TPSA) is 81.3 Å². The van der Waals surface area contributed by atoms with E-state index in [0.717, 1.165) is 19.3 Å². The van der Waals surface area contributed by atoms with Crippen LogP contribution in [0.3, 0.4) is 0 Å². The van der Waals surface area contributed by atoms with Crippen molar-refractivity contribution in [3.63, 3.8) is 0 Å². The van der Waals surface area contributed by atoms with Crippen molar-refractivity contribution in [1.82, 2.24) is 0 Å². The highest BCUT2D eigenvalue weighted by Crippen LogP contribution is 2.45. The second-order valence-corrected chi connectivity index (χ2v) is 5.36. The number of nitriles is 1. The molecule has 1 aliphatic carbocycles. The first-order valence-electron chi connectivity index (χ1n) is 4.44. The van der Waals surface area contributed by atoms with Crippen LogP contribution >= 0.6 is 7.60 Å². The Balaban J connectivity index is 2.50. The second kappa shape index (κ2) is 4.23. The number of hydrogen-bond donors (Lipinski definition) is 2. The molecule has 0 aromatic heterocycles. The summed E-state index contributed by atoms with van der Waals surface area (Å²) < 4.78 is 10.7. The van der Waals surface area contributed by atoms with Gasteiger partial charge in [0.15, 0.2) is 0 Å². The third-order valence-electron chi connectivity index (χ3n) is 2.64. The molecule has 1 rings (SSSR count). The lowest BCUT2D eigenvalue weighted by molar-refractivity contribution is 0.343. The van der Waals surface area contributed by atoms with Gasteiger partial charge >= 0.3 is 7.60 Å². The maximum Gasteiger partial charge on any atom is 0.325 e. The Labute approximate surface area is 77.7 Å². The van der Waals surface area contributed by atoms with Crippen LogP contribution in [0.1, 0.15) is 25.7 Å². The first-order valence-corrected chi connectivity index (χ1v) is 6.24. The molecule has 2 atom stereocenters. The molecule has 0 saturated heterocycles. The molecule has 5 heteroatoms. The maximum atomic E-state index is 10.7. The zero-order valence-corrected chi connectivity index (χ0v) is 8.28. The van der Waals surface area contributed by atoms with E-state index >= 15 is 0 Å². The molecule has 0 bridgehead atoms. The highest BCUT2D eigenvalue weighted by molar-refractivity contribution is 7.51. The predicted molar refractivity (Wildman–Crippen MR) is 48.0 cm³/mol. The van der Waals surface area contributed by atoms with Gasteiger partial charge in [-0.25, -0.2) is 0 Å². The van der Waals surface area contributed by atoms with Crippen LogP contribution in [0.25, 0.3) is 0 Å². The van der Waals surface area contributed by atoms with Crippen LogP contribution in [-0.4, -0.2) is 15.9 Å². The molecule has 2 N–H and O–H groups in total. The quantitative estimate of drug-likeness (QED) is 0.681. The molecule has 13 heavy (non-hydrogen) atoms. The molecule has 1 saturated carbocycles. The van der Waals surface area contributed by atoms with Crippen molar-refractivity contribution in [1.29, 1.82) is 5.26 Å². The summed E-state index contributed by atoms with van der Waals surface area (Å²) in [5, 5.41) is 8.50. The minimum atomic E-state index is -3.89. The molecular formula is C8H14NO3P. The van der Waals surface area contributed by atoms with Gasteiger partial charge in [-0.3, -0.25) is 4.57 Å². The molecule has 0 heterocycles. The Bertz CT molecular complexity index is 255. The van der Waals surface area contributed by atoms with Crippen LogP contribution in [-0.2, 0) is 4.57 Å². The summed E-state index contributed by atoms with van der Waals surface area (Å²) in [4.78, 5) is 17.6. The summed E-state index contributed by atoms with van der Waals surface area (Å²) in [5.74, 6) is 0.262. The Morgan fingerprint density at radius 1 is 1.38 bits per heavy atom. The highest BCUT2D eigenvalue weighted by Gasteiger charge is 2.32. The summed E-state index contributed by atoms with van der Waals surface area (Å²) in [7, 11) is -3.89. The van der Waals surface area contributed by atoms with Gasteiger partial charge in [0.05, 0.1) is 12.2 Å². The third-order valence-corrected chi connectivity index (χ3v) is 3.59. The van der Waals surface area contributed by atoms with Gasteiger partial charge in [-0.15, -0.1) is 0 Å². The van der Waals surface area contributed by atoms with Gasteiger partial charge in [0.1, 0.15) is 0 Å². The van der Waals surface area contributed by atoms with E-state index in [0.29, 0.717) is 6.42 Å². The Morgan fingerprint density at radius 3 is 2.54 bits per heavy atom. The molecule has 0 radical (unpaired) electrons. The Hall–Kier alpha value is -0.360. The average molecular weight is 203 g/mol. The molecule has 4 nitrogen and oxygen atoms in total. The SMILES string of the molecule is N#CCC1CCCC1CP(=O)(O)O. The predicted octanol–water partition coefficient (Wildman–Crippen LogP) is 1.49. The fraction of sp³-hybridized carbons (Fsp3) is 0.875. The van der Waals surface area contributed by atoms with Crippen molar-refractivity contribution in [3.05, 3.63) is 0 Å². The van der Waals surface area contributed by atoms with Crippen molar-refractivity contribution < 1.29 is 14.4 Å². The molecule has 0 amide bonds. The van der Waals surface area contributed by atoms with E-state index < -0.39 is 7.60 Å². The molecule has 0 aromatic carbocycles. The monoisotopic (exact) mass is 203 g/mol. The first-order chi connectivity index (χ1) is 6.03. The Kier molecular flexibility index (Phi) is 3.49. The zero-order valence-electron chi connectivity index (χ0n) is 7.39. The molecule has 0 spiro atoms. The summed E-state index contributed by atoms with van der Waals surface area (Å²) in [6.07, 6.45) is 3.19. The lowest BCUT2D eigenvalue weighted by atomic mass is 9.95. The molecule has 0 aliphatic heterocycles. The van der Waals surface area contributed by atoms with Crippen molar-refractivity contribution >= 4 is 7.60 Å². The van der Waals surface area contributed by atoms with E-state index in [1.54, 1.807) is 0 Å². The summed E-state index contributed by atoms with van der Waals surface area (Å²) in [5.41, 5.74) is 0. The van der Waals surface area contributed by atoms with Crippen LogP contribution in [0.15, 0.2) is 0 Å². The van der Waals surface area contributed by atoms with Crippen molar-refractivity contribution in [3.8, 4) is 6.07 Å². The average Bonchev–Trinajstić information content (AvgIpc) is 2.34. The Morgan fingerprint density at radius 2 is 2.00 bits per heavy atom. The van der Waals surface area contributed by atoms with E-state index in [-0.39, 0.29) is 18.0 Å². The zero-order chi connectivity index (χ0) is 9.90. The normalized spacial score (nSPS) is 28.7. The van der Waals surface area contributed by atoms with Gasteiger partial charge in [-0.2, -0.15) is 5.26 Å². The standard InChI is InChI=1S/C8H14NO3P/c9-5-4-7-2-1-3-8(7)6-13(10,11)12/h7-8H,1-4,6H2,(H2,10,11,12). The summed E-state index contributed by atoms with van der Waals surface area (Å²) in [6.45, 7) is 0. The first kappa shape index (κ1) is 10.7. The van der Waals surface area contributed by atoms with Crippen LogP contribution in [0.5, 0.6) is 0 Å². The third kappa shape index (κ3) is 3.48. The molecule has 1 aliphatic rings. The molecule has 1 fully saturated rings. The smallest absolute Gasteiger partial charge is 0.324 e. The van der Waals surface area contributed by atoms with Crippen LogP contribution in [0.4, 0.5) is 0 Å². The number of hydrogen-bond acceptors (Lipinski definition) is 2. The van der Waals surface area contributed by atoms with Gasteiger partial charge in [0.25, 0.3) is 0 Å². The van der Waals surface area contributed by atoms with Crippen LogP contribution < -0.4 is 0 Å². The number of rotatable bonds is 3. The fourth-order valence-corrected chi connectivity index (χ4v) is 3.14. The van der Waals surface area contributed by atoms with E-state index in [9.17, 15) is 4.57 Å². The van der Waals surface area contributed by atoms with Gasteiger partial charge in [-0.1, -0.05) is 6.42 Å². The molecular weight excluding hydrogens is 189 g/mol. The van der Waals surface area contributed by atoms with E-state index in [2.05, 4.69) is 6.07 Å². The van der Waals surface area contributed by atoms with E-state index in [4.69, 9.17) is 15.0 Å². The number of nitrogens with zero attached hydrogens (tertiary/aromatic N) is 1. The molecule has 2 unspecified atom stereocenters. The van der Waals surface area contributed by atoms with Crippen LogP contribution in [0.2, 0.25) is 0 Å². The summed E-state index contributed by atoms with van der Waals surface area (Å²) in [6, 6.07) is 2.07. The minimum Gasteiger partial charge on any atom is -0.324 e. The largest absolute Gasteiger partial charge is 0.325 e. The molecule has 74 valence electrons. The van der Waals surface area contributed by atoms with E-state index in [1.807, 2.05) is 0 Å². The fourth-order valence-electron chi connectivity index (χ4n) is 2.05. The second-order valence-electron chi connectivity index (χ2n) is 3.66. The van der Waals surface area contributed by atoms with Gasteiger partial charge in [0, 0.05) is 6.42 Å². The maximum absolute atomic E-state index is 10.7. The van der Waals surface area contributed by atoms with Crippen molar-refractivity contribution in [2.75, 3.05) is 6.16 Å². The van der Waals surface area contributed by atoms with Crippen molar-refractivity contribution in [2.24, 2.45) is 11.8 Å². The van der Waals surface area contributed by atoms with Crippen LogP contribution in [0, 0.1) is 23.2 Å². The van der Waals surface area contributed by atoms with Gasteiger partial charge in [0.2, 0.25) is 0 Å². The molecule has 0 aromatic rings. The lowest BCUT2D eigenvalue weighted by Gasteiger charge is -2.16. The summed E-state index contributed by atoms with van der Waals surface area (Å²) >= 11 is 0. The minimum absolute atomic E-state index is 0.0423. The van der Waals surface area contributed by atoms with Gasteiger partial charge in [-0.05, 0) is 24.7 Å². The lowest BCUT2D eigenvalue weighted by Crippen LogP contribution is -2.12. The van der Waals surface area contributed by atoms with Crippen molar-refractivity contribution in [2.45, 2.75) is 25.7 Å².